The number of ketones is 1. The summed E-state index contributed by atoms with van der Waals surface area (Å²) < 4.78 is 0. The van der Waals surface area contributed by atoms with Crippen molar-refractivity contribution in [3.63, 3.8) is 0 Å². The van der Waals surface area contributed by atoms with Gasteiger partial charge in [-0.25, -0.2) is 0 Å². The lowest BCUT2D eigenvalue weighted by Crippen LogP contribution is -2.05. The lowest BCUT2D eigenvalue weighted by atomic mass is 10.1. The van der Waals surface area contributed by atoms with Gasteiger partial charge in [-0.3, -0.25) is 4.79 Å². The summed E-state index contributed by atoms with van der Waals surface area (Å²) in [5.41, 5.74) is 8.23. The normalized spacial score (nSPS) is 25.4. The molecule has 3 rings (SSSR count). The number of anilines is 2. The molecule has 1 heterocycles. The molecule has 2 aliphatic carbocycles. The molecular formula is C15H22N2OS. The van der Waals surface area contributed by atoms with Gasteiger partial charge in [-0.1, -0.05) is 20.3 Å². The van der Waals surface area contributed by atoms with Crippen molar-refractivity contribution in [2.75, 3.05) is 11.1 Å². The van der Waals surface area contributed by atoms with Crippen molar-refractivity contribution in [3.05, 3.63) is 10.4 Å². The summed E-state index contributed by atoms with van der Waals surface area (Å²) in [5.74, 6) is 1.58. The summed E-state index contributed by atoms with van der Waals surface area (Å²) >= 11 is 1.58. The highest BCUT2D eigenvalue weighted by Crippen LogP contribution is 2.52. The number of carbonyl (C=O) groups excluding carboxylic acids is 1. The maximum absolute atomic E-state index is 12.0. The molecule has 2 saturated carbocycles. The molecule has 0 amide bonds. The van der Waals surface area contributed by atoms with E-state index in [-0.39, 0.29) is 5.78 Å². The summed E-state index contributed by atoms with van der Waals surface area (Å²) in [6, 6.07) is 0.602. The van der Waals surface area contributed by atoms with Crippen LogP contribution >= 0.6 is 11.3 Å². The molecule has 3 N–H and O–H groups in total. The summed E-state index contributed by atoms with van der Waals surface area (Å²) in [5, 5.41) is 4.81. The third kappa shape index (κ3) is 2.38. The average molecular weight is 278 g/mol. The largest absolute Gasteiger partial charge is 0.397 e. The topological polar surface area (TPSA) is 55.1 Å². The molecule has 2 unspecified atom stereocenters. The van der Waals surface area contributed by atoms with Gasteiger partial charge >= 0.3 is 0 Å². The van der Waals surface area contributed by atoms with Crippen molar-refractivity contribution < 1.29 is 4.79 Å². The van der Waals surface area contributed by atoms with Crippen LogP contribution in [0.25, 0.3) is 0 Å². The van der Waals surface area contributed by atoms with Gasteiger partial charge < -0.3 is 11.1 Å². The van der Waals surface area contributed by atoms with Crippen LogP contribution in [0.5, 0.6) is 0 Å². The highest BCUT2D eigenvalue weighted by Gasteiger charge is 2.38. The van der Waals surface area contributed by atoms with Crippen molar-refractivity contribution in [2.24, 2.45) is 5.92 Å². The van der Waals surface area contributed by atoms with Gasteiger partial charge in [0.2, 0.25) is 0 Å². The molecule has 0 spiro atoms. The molecule has 2 atom stereocenters. The molecule has 0 saturated heterocycles. The van der Waals surface area contributed by atoms with Crippen LogP contribution in [-0.2, 0) is 0 Å². The third-order valence-electron chi connectivity index (χ3n) is 4.31. The number of thiophene rings is 1. The van der Waals surface area contributed by atoms with Crippen molar-refractivity contribution in [1.82, 2.24) is 0 Å². The highest BCUT2D eigenvalue weighted by molar-refractivity contribution is 7.18. The van der Waals surface area contributed by atoms with E-state index in [4.69, 9.17) is 5.73 Å². The Balaban J connectivity index is 1.87. The van der Waals surface area contributed by atoms with Gasteiger partial charge in [0.15, 0.2) is 5.78 Å². The number of nitrogens with two attached hydrogens (primary N) is 1. The maximum atomic E-state index is 12.0. The van der Waals surface area contributed by atoms with Crippen LogP contribution in [0.2, 0.25) is 0 Å². The number of nitrogen functional groups attached to an aromatic ring is 1. The Morgan fingerprint density at radius 1 is 1.42 bits per heavy atom. The van der Waals surface area contributed by atoms with E-state index in [1.165, 1.54) is 36.2 Å². The fourth-order valence-electron chi connectivity index (χ4n) is 2.75. The maximum Gasteiger partial charge on any atom is 0.174 e. The highest BCUT2D eigenvalue weighted by atomic mass is 32.1. The Labute approximate surface area is 118 Å². The SMILES string of the molecule is CCC(=O)c1sc(NC2CC2CC)c(C2CC2)c1N. The number of hydrogen-bond acceptors (Lipinski definition) is 4. The minimum atomic E-state index is 0.181. The van der Waals surface area contributed by atoms with Crippen LogP contribution in [0, 0.1) is 5.92 Å². The quantitative estimate of drug-likeness (QED) is 0.773. The van der Waals surface area contributed by atoms with E-state index < -0.39 is 0 Å². The molecule has 19 heavy (non-hydrogen) atoms. The molecule has 2 fully saturated rings. The predicted molar refractivity (Wildman–Crippen MR) is 81.1 cm³/mol. The number of hydrogen-bond donors (Lipinski definition) is 2. The van der Waals surface area contributed by atoms with Crippen molar-refractivity contribution in [3.8, 4) is 0 Å². The second-order valence-electron chi connectivity index (χ2n) is 5.79. The summed E-state index contributed by atoms with van der Waals surface area (Å²) in [7, 11) is 0. The molecule has 104 valence electrons. The van der Waals surface area contributed by atoms with Crippen LogP contribution in [0.4, 0.5) is 10.7 Å². The Kier molecular flexibility index (Phi) is 3.29. The Hall–Kier alpha value is -1.03. The first-order valence-electron chi connectivity index (χ1n) is 7.37. The number of Topliss-reactive ketones (excluding diaryl/α,β-unsaturated/α-hetero) is 1. The summed E-state index contributed by atoms with van der Waals surface area (Å²) in [6.07, 6.45) is 5.47. The molecule has 1 aromatic heterocycles. The number of rotatable bonds is 6. The molecule has 3 nitrogen and oxygen atoms in total. The lowest BCUT2D eigenvalue weighted by Gasteiger charge is -2.06. The second-order valence-corrected chi connectivity index (χ2v) is 6.81. The van der Waals surface area contributed by atoms with Gasteiger partial charge in [0.05, 0.1) is 15.6 Å². The molecule has 0 aliphatic heterocycles. The molecule has 1 aromatic rings. The average Bonchev–Trinajstić information content (AvgIpc) is 3.30. The van der Waals surface area contributed by atoms with Gasteiger partial charge in [-0.05, 0) is 31.1 Å². The summed E-state index contributed by atoms with van der Waals surface area (Å²) in [6.45, 7) is 4.14. The Bertz CT molecular complexity index is 504. The predicted octanol–water partition coefficient (Wildman–Crippen LogP) is 4.01. The van der Waals surface area contributed by atoms with Crippen LogP contribution in [-0.4, -0.2) is 11.8 Å². The zero-order valence-corrected chi connectivity index (χ0v) is 12.5. The van der Waals surface area contributed by atoms with E-state index in [9.17, 15) is 4.79 Å². The molecule has 0 aromatic carbocycles. The first kappa shape index (κ1) is 13.0. The third-order valence-corrected chi connectivity index (χ3v) is 5.50. The summed E-state index contributed by atoms with van der Waals surface area (Å²) in [4.78, 5) is 12.7. The monoisotopic (exact) mass is 278 g/mol. The van der Waals surface area contributed by atoms with E-state index >= 15 is 0 Å². The number of carbonyl (C=O) groups is 1. The molecule has 4 heteroatoms. The Morgan fingerprint density at radius 3 is 2.68 bits per heavy atom. The molecule has 0 radical (unpaired) electrons. The Morgan fingerprint density at radius 2 is 2.16 bits per heavy atom. The zero-order valence-electron chi connectivity index (χ0n) is 11.7. The van der Waals surface area contributed by atoms with E-state index in [1.807, 2.05) is 6.92 Å². The molecule has 2 aliphatic rings. The zero-order chi connectivity index (χ0) is 13.6. The molecule has 0 bridgehead atoms. The van der Waals surface area contributed by atoms with Crippen LogP contribution in [0.15, 0.2) is 0 Å². The first-order chi connectivity index (χ1) is 9.15. The minimum absolute atomic E-state index is 0.181. The van der Waals surface area contributed by atoms with Crippen LogP contribution in [0.3, 0.4) is 0 Å². The van der Waals surface area contributed by atoms with Crippen LogP contribution in [0.1, 0.15) is 67.1 Å². The van der Waals surface area contributed by atoms with E-state index in [2.05, 4.69) is 12.2 Å². The fraction of sp³-hybridized carbons (Fsp3) is 0.667. The van der Waals surface area contributed by atoms with Crippen molar-refractivity contribution in [1.29, 1.82) is 0 Å². The van der Waals surface area contributed by atoms with Gasteiger partial charge in [-0.2, -0.15) is 0 Å². The minimum Gasteiger partial charge on any atom is -0.397 e. The first-order valence-corrected chi connectivity index (χ1v) is 8.19. The molecular weight excluding hydrogens is 256 g/mol. The second kappa shape index (κ2) is 4.82. The standard InChI is InChI=1S/C15H22N2OS/c1-3-8-7-10(8)17-15-12(9-5-6-9)13(16)14(19-15)11(18)4-2/h8-10,17H,3-7,16H2,1-2H3. The number of nitrogens with one attached hydrogen (secondary N) is 1. The van der Waals surface area contributed by atoms with E-state index in [0.29, 0.717) is 18.4 Å². The van der Waals surface area contributed by atoms with Gasteiger partial charge in [-0.15, -0.1) is 11.3 Å². The van der Waals surface area contributed by atoms with E-state index in [0.717, 1.165) is 16.5 Å². The lowest BCUT2D eigenvalue weighted by molar-refractivity contribution is 0.0993. The van der Waals surface area contributed by atoms with Crippen molar-refractivity contribution in [2.45, 2.75) is 57.9 Å². The van der Waals surface area contributed by atoms with Gasteiger partial charge in [0.25, 0.3) is 0 Å². The fourth-order valence-corrected chi connectivity index (χ4v) is 4.03. The van der Waals surface area contributed by atoms with Gasteiger partial charge in [0.1, 0.15) is 0 Å². The van der Waals surface area contributed by atoms with Crippen LogP contribution < -0.4 is 11.1 Å². The van der Waals surface area contributed by atoms with Crippen molar-refractivity contribution >= 4 is 27.8 Å². The van der Waals surface area contributed by atoms with E-state index in [1.54, 1.807) is 11.3 Å². The van der Waals surface area contributed by atoms with Gasteiger partial charge in [0, 0.05) is 18.0 Å². The smallest absolute Gasteiger partial charge is 0.174 e.